The van der Waals surface area contributed by atoms with Crippen molar-refractivity contribution >= 4 is 11.9 Å². The molecule has 0 aromatic heterocycles. The molecule has 0 aliphatic rings. The zero-order chi connectivity index (χ0) is 6.73. The van der Waals surface area contributed by atoms with Gasteiger partial charge in [0.25, 0.3) is 0 Å². The summed E-state index contributed by atoms with van der Waals surface area (Å²) in [4.78, 5) is 18.7. The molecule has 0 radical (unpaired) electrons. The fourth-order valence-corrected chi connectivity index (χ4v) is 0.0962. The molecular formula is C3H3KO5. The van der Waals surface area contributed by atoms with Gasteiger partial charge in [0.1, 0.15) is 6.10 Å². The SMILES string of the molecule is O=C([O-])C(O)C(=O)[O-].[H+].[K+]. The first-order valence-electron chi connectivity index (χ1n) is 1.65. The summed E-state index contributed by atoms with van der Waals surface area (Å²) in [5.74, 6) is -4.13. The van der Waals surface area contributed by atoms with Crippen molar-refractivity contribution in [3.63, 3.8) is 0 Å². The van der Waals surface area contributed by atoms with Crippen LogP contribution in [0.5, 0.6) is 0 Å². The minimum atomic E-state index is -2.52. The number of carboxylic acids is 2. The smallest absolute Gasteiger partial charge is 0.547 e. The Kier molecular flexibility index (Phi) is 7.25. The van der Waals surface area contributed by atoms with Gasteiger partial charge in [-0.05, 0) is 0 Å². The molecule has 0 fully saturated rings. The zero-order valence-electron chi connectivity index (χ0n) is 5.66. The summed E-state index contributed by atoms with van der Waals surface area (Å²) in [7, 11) is 0. The zero-order valence-corrected chi connectivity index (χ0v) is 7.78. The topological polar surface area (TPSA) is 100 Å². The molecule has 0 rings (SSSR count). The van der Waals surface area contributed by atoms with Crippen LogP contribution in [0.1, 0.15) is 1.43 Å². The molecule has 5 nitrogen and oxygen atoms in total. The molecule has 0 unspecified atom stereocenters. The first-order chi connectivity index (χ1) is 3.55. The largest absolute Gasteiger partial charge is 1.00 e. The fraction of sp³-hybridized carbons (Fsp3) is 0.333. The Morgan fingerprint density at radius 1 is 1.33 bits per heavy atom. The molecule has 0 heterocycles. The third kappa shape index (κ3) is 5.00. The molecule has 9 heavy (non-hydrogen) atoms. The van der Waals surface area contributed by atoms with Crippen molar-refractivity contribution in [3.05, 3.63) is 0 Å². The number of aliphatic hydroxyl groups excluding tert-OH is 1. The molecule has 1 N–H and O–H groups in total. The average molecular weight is 158 g/mol. The van der Waals surface area contributed by atoms with Crippen molar-refractivity contribution in [2.75, 3.05) is 0 Å². The Bertz CT molecular complexity index is 112. The molecule has 0 bridgehead atoms. The second-order valence-corrected chi connectivity index (χ2v) is 1.04. The number of carboxylic acid groups (broad SMARTS) is 2. The van der Waals surface area contributed by atoms with E-state index in [1.54, 1.807) is 0 Å². The third-order valence-corrected chi connectivity index (χ3v) is 0.447. The van der Waals surface area contributed by atoms with Gasteiger partial charge in [-0.1, -0.05) is 0 Å². The second kappa shape index (κ2) is 5.33. The molecule has 0 saturated heterocycles. The van der Waals surface area contributed by atoms with E-state index >= 15 is 0 Å². The van der Waals surface area contributed by atoms with Crippen LogP contribution in [0, 0.1) is 0 Å². The fourth-order valence-electron chi connectivity index (χ4n) is 0.0962. The van der Waals surface area contributed by atoms with E-state index in [1.165, 1.54) is 0 Å². The Morgan fingerprint density at radius 3 is 1.56 bits per heavy atom. The maximum atomic E-state index is 9.36. The van der Waals surface area contributed by atoms with Gasteiger partial charge in [0.2, 0.25) is 0 Å². The standard InChI is InChI=1S/C3H4O5.K/c4-1(2(5)6)3(7)8;/h1,4H,(H,5,6)(H,7,8);/q;+1/p-1. The van der Waals surface area contributed by atoms with E-state index in [2.05, 4.69) is 0 Å². The summed E-state index contributed by atoms with van der Waals surface area (Å²) >= 11 is 0. The molecule has 0 aliphatic heterocycles. The first-order valence-corrected chi connectivity index (χ1v) is 1.65. The number of carbonyl (C=O) groups is 2. The summed E-state index contributed by atoms with van der Waals surface area (Å²) in [6.45, 7) is 0. The van der Waals surface area contributed by atoms with Crippen molar-refractivity contribution < 1.29 is 77.7 Å². The molecule has 0 aromatic carbocycles. The first kappa shape index (κ1) is 12.2. The maximum absolute atomic E-state index is 9.36. The average Bonchev–Trinajstić information content (AvgIpc) is 1.64. The predicted molar refractivity (Wildman–Crippen MR) is 17.1 cm³/mol. The van der Waals surface area contributed by atoms with E-state index in [4.69, 9.17) is 5.11 Å². The van der Waals surface area contributed by atoms with Crippen LogP contribution < -0.4 is 61.6 Å². The number of hydrogen-bond donors (Lipinski definition) is 1. The quantitative estimate of drug-likeness (QED) is 0.318. The summed E-state index contributed by atoms with van der Waals surface area (Å²) in [5.41, 5.74) is 0. The van der Waals surface area contributed by atoms with E-state index in [0.717, 1.165) is 0 Å². The van der Waals surface area contributed by atoms with Crippen LogP contribution in [0.25, 0.3) is 0 Å². The van der Waals surface area contributed by atoms with Gasteiger partial charge >= 0.3 is 52.8 Å². The van der Waals surface area contributed by atoms with Gasteiger partial charge in [0, 0.05) is 0 Å². The number of rotatable bonds is 2. The van der Waals surface area contributed by atoms with Crippen molar-refractivity contribution in [3.8, 4) is 0 Å². The summed E-state index contributed by atoms with van der Waals surface area (Å²) in [6.07, 6.45) is -2.52. The Hall–Kier alpha value is 0.536. The minimum Gasteiger partial charge on any atom is -0.547 e. The van der Waals surface area contributed by atoms with Crippen LogP contribution in [0.15, 0.2) is 0 Å². The normalized spacial score (nSPS) is 8.22. The molecule has 0 atom stereocenters. The van der Waals surface area contributed by atoms with Crippen LogP contribution in [-0.4, -0.2) is 23.1 Å². The van der Waals surface area contributed by atoms with E-state index in [-0.39, 0.29) is 52.8 Å². The number of carbonyl (C=O) groups excluding carboxylic acids is 2. The maximum Gasteiger partial charge on any atom is 1.00 e. The van der Waals surface area contributed by atoms with Crippen LogP contribution in [-0.2, 0) is 9.59 Å². The molecule has 0 aromatic rings. The van der Waals surface area contributed by atoms with Gasteiger partial charge in [0.15, 0.2) is 0 Å². The van der Waals surface area contributed by atoms with Crippen molar-refractivity contribution in [2.24, 2.45) is 0 Å². The van der Waals surface area contributed by atoms with Gasteiger partial charge in [0.05, 0.1) is 11.9 Å². The van der Waals surface area contributed by atoms with Gasteiger partial charge in [-0.25, -0.2) is 0 Å². The van der Waals surface area contributed by atoms with Gasteiger partial charge < -0.3 is 24.9 Å². The second-order valence-electron chi connectivity index (χ2n) is 1.04. The van der Waals surface area contributed by atoms with E-state index in [1.807, 2.05) is 0 Å². The predicted octanol–water partition coefficient (Wildman–Crippen LogP) is -7.04. The Labute approximate surface area is 94.6 Å². The van der Waals surface area contributed by atoms with Crippen LogP contribution in [0.3, 0.4) is 0 Å². The van der Waals surface area contributed by atoms with Crippen molar-refractivity contribution in [1.82, 2.24) is 0 Å². The third-order valence-electron chi connectivity index (χ3n) is 0.447. The van der Waals surface area contributed by atoms with E-state index < -0.39 is 18.0 Å². The molecular weight excluding hydrogens is 155 g/mol. The van der Waals surface area contributed by atoms with Crippen molar-refractivity contribution in [1.29, 1.82) is 0 Å². The minimum absolute atomic E-state index is 0. The van der Waals surface area contributed by atoms with Crippen LogP contribution in [0.4, 0.5) is 0 Å². The summed E-state index contributed by atoms with van der Waals surface area (Å²) in [5, 5.41) is 26.6. The van der Waals surface area contributed by atoms with Crippen molar-refractivity contribution in [2.45, 2.75) is 6.10 Å². The number of hydrogen-bond acceptors (Lipinski definition) is 5. The molecule has 0 amide bonds. The molecule has 0 saturated carbocycles. The summed E-state index contributed by atoms with van der Waals surface area (Å²) in [6, 6.07) is 0. The Balaban J connectivity index is -0.000000245. The monoisotopic (exact) mass is 158 g/mol. The molecule has 6 heteroatoms. The summed E-state index contributed by atoms with van der Waals surface area (Å²) < 4.78 is 0. The van der Waals surface area contributed by atoms with Crippen LogP contribution in [0.2, 0.25) is 0 Å². The molecule has 0 aliphatic carbocycles. The van der Waals surface area contributed by atoms with Gasteiger partial charge in [-0.2, -0.15) is 0 Å². The number of aliphatic carboxylic acids is 2. The van der Waals surface area contributed by atoms with E-state index in [0.29, 0.717) is 0 Å². The molecule has 0 spiro atoms. The Morgan fingerprint density at radius 2 is 1.56 bits per heavy atom. The van der Waals surface area contributed by atoms with Crippen LogP contribution >= 0.6 is 0 Å². The van der Waals surface area contributed by atoms with Gasteiger partial charge in [-0.15, -0.1) is 0 Å². The number of aliphatic hydroxyl groups is 1. The molecule has 46 valence electrons. The van der Waals surface area contributed by atoms with Gasteiger partial charge in [-0.3, -0.25) is 0 Å². The van der Waals surface area contributed by atoms with E-state index in [9.17, 15) is 19.8 Å².